The first-order valence-electron chi connectivity index (χ1n) is 7.22. The van der Waals surface area contributed by atoms with Crippen LogP contribution in [0.2, 0.25) is 5.02 Å². The van der Waals surface area contributed by atoms with Gasteiger partial charge in [0.15, 0.2) is 13.2 Å². The van der Waals surface area contributed by atoms with Crippen molar-refractivity contribution in [3.05, 3.63) is 41.4 Å². The molecule has 0 spiro atoms. The standard InChI is InChI=1S/C17H18ClNO4/c1-11(2)19-16(20)9-23-17(21)10-22-15-8-7-14(18)12-5-3-4-6-13(12)15/h3-8,11H,9-10H2,1-2H3,(H,19,20). The summed E-state index contributed by atoms with van der Waals surface area (Å²) < 4.78 is 10.3. The number of amides is 1. The molecule has 0 saturated heterocycles. The highest BCUT2D eigenvalue weighted by Crippen LogP contribution is 2.31. The van der Waals surface area contributed by atoms with Crippen LogP contribution in [0.1, 0.15) is 13.8 Å². The van der Waals surface area contributed by atoms with Gasteiger partial charge in [0.25, 0.3) is 5.91 Å². The van der Waals surface area contributed by atoms with Gasteiger partial charge in [0, 0.05) is 21.8 Å². The number of nitrogens with one attached hydrogen (secondary N) is 1. The first-order valence-corrected chi connectivity index (χ1v) is 7.60. The van der Waals surface area contributed by atoms with E-state index in [1.54, 1.807) is 12.1 Å². The molecule has 0 fully saturated rings. The fourth-order valence-corrected chi connectivity index (χ4v) is 2.28. The minimum absolute atomic E-state index is 0.00196. The SMILES string of the molecule is CC(C)NC(=O)COC(=O)COc1ccc(Cl)c2ccccc12. The Bertz CT molecular complexity index is 715. The van der Waals surface area contributed by atoms with E-state index >= 15 is 0 Å². The highest BCUT2D eigenvalue weighted by atomic mass is 35.5. The highest BCUT2D eigenvalue weighted by Gasteiger charge is 2.11. The average molecular weight is 336 g/mol. The van der Waals surface area contributed by atoms with Crippen LogP contribution >= 0.6 is 11.6 Å². The number of hydrogen-bond donors (Lipinski definition) is 1. The first kappa shape index (κ1) is 17.1. The molecule has 0 bridgehead atoms. The lowest BCUT2D eigenvalue weighted by atomic mass is 10.1. The van der Waals surface area contributed by atoms with Gasteiger partial charge >= 0.3 is 5.97 Å². The third-order valence-electron chi connectivity index (χ3n) is 2.99. The number of halogens is 1. The van der Waals surface area contributed by atoms with Crippen LogP contribution in [0.3, 0.4) is 0 Å². The van der Waals surface area contributed by atoms with Gasteiger partial charge in [-0.2, -0.15) is 0 Å². The smallest absolute Gasteiger partial charge is 0.344 e. The van der Waals surface area contributed by atoms with E-state index in [-0.39, 0.29) is 25.2 Å². The number of ether oxygens (including phenoxy) is 2. The molecule has 122 valence electrons. The molecule has 0 aliphatic heterocycles. The van der Waals surface area contributed by atoms with E-state index in [9.17, 15) is 9.59 Å². The normalized spacial score (nSPS) is 10.6. The summed E-state index contributed by atoms with van der Waals surface area (Å²) in [5.74, 6) is -0.415. The Morgan fingerprint density at radius 3 is 2.48 bits per heavy atom. The van der Waals surface area contributed by atoms with Crippen LogP contribution in [0.25, 0.3) is 10.8 Å². The van der Waals surface area contributed by atoms with Crippen molar-refractivity contribution < 1.29 is 19.1 Å². The molecular formula is C17H18ClNO4. The second-order valence-corrected chi connectivity index (χ2v) is 5.67. The molecular weight excluding hydrogens is 318 g/mol. The summed E-state index contributed by atoms with van der Waals surface area (Å²) in [4.78, 5) is 23.1. The number of carbonyl (C=O) groups excluding carboxylic acids is 2. The van der Waals surface area contributed by atoms with Gasteiger partial charge in [-0.3, -0.25) is 4.79 Å². The lowest BCUT2D eigenvalue weighted by Crippen LogP contribution is -2.34. The maximum absolute atomic E-state index is 11.7. The number of fused-ring (bicyclic) bond motifs is 1. The van der Waals surface area contributed by atoms with E-state index in [1.165, 1.54) is 0 Å². The molecule has 0 radical (unpaired) electrons. The van der Waals surface area contributed by atoms with Crippen molar-refractivity contribution in [2.24, 2.45) is 0 Å². The second-order valence-electron chi connectivity index (χ2n) is 5.26. The number of carbonyl (C=O) groups is 2. The maximum atomic E-state index is 11.7. The van der Waals surface area contributed by atoms with E-state index in [2.05, 4.69) is 5.32 Å². The second kappa shape index (κ2) is 7.83. The van der Waals surface area contributed by atoms with Crippen LogP contribution in [-0.4, -0.2) is 31.1 Å². The van der Waals surface area contributed by atoms with Gasteiger partial charge in [-0.15, -0.1) is 0 Å². The van der Waals surface area contributed by atoms with Crippen LogP contribution in [0, 0.1) is 0 Å². The summed E-state index contributed by atoms with van der Waals surface area (Å²) in [6, 6.07) is 10.9. The Balaban J connectivity index is 1.92. The Kier molecular flexibility index (Phi) is 5.82. The highest BCUT2D eigenvalue weighted by molar-refractivity contribution is 6.35. The first-order chi connectivity index (χ1) is 11.0. The van der Waals surface area contributed by atoms with Crippen molar-refractivity contribution in [2.75, 3.05) is 13.2 Å². The summed E-state index contributed by atoms with van der Waals surface area (Å²) in [6.45, 7) is 3.06. The molecule has 0 aliphatic rings. The minimum Gasteiger partial charge on any atom is -0.481 e. The van der Waals surface area contributed by atoms with Crippen molar-refractivity contribution in [1.82, 2.24) is 5.32 Å². The molecule has 0 saturated carbocycles. The van der Waals surface area contributed by atoms with Crippen LogP contribution in [0.4, 0.5) is 0 Å². The number of esters is 1. The number of benzene rings is 2. The Labute approximate surface area is 139 Å². The van der Waals surface area contributed by atoms with Gasteiger partial charge in [-0.25, -0.2) is 4.79 Å². The van der Waals surface area contributed by atoms with Crippen LogP contribution in [-0.2, 0) is 14.3 Å². The van der Waals surface area contributed by atoms with E-state index in [0.29, 0.717) is 10.8 Å². The van der Waals surface area contributed by atoms with Gasteiger partial charge in [-0.1, -0.05) is 35.9 Å². The molecule has 5 nitrogen and oxygen atoms in total. The Morgan fingerprint density at radius 1 is 1.09 bits per heavy atom. The van der Waals surface area contributed by atoms with Crippen LogP contribution in [0.15, 0.2) is 36.4 Å². The maximum Gasteiger partial charge on any atom is 0.344 e. The molecule has 0 unspecified atom stereocenters. The molecule has 2 aromatic rings. The molecule has 2 aromatic carbocycles. The molecule has 0 aromatic heterocycles. The predicted octanol–water partition coefficient (Wildman–Crippen LogP) is 2.94. The molecule has 1 amide bonds. The number of rotatable bonds is 6. The topological polar surface area (TPSA) is 64.6 Å². The van der Waals surface area contributed by atoms with E-state index in [4.69, 9.17) is 21.1 Å². The van der Waals surface area contributed by atoms with E-state index in [0.717, 1.165) is 10.8 Å². The van der Waals surface area contributed by atoms with Crippen LogP contribution in [0.5, 0.6) is 5.75 Å². The third-order valence-corrected chi connectivity index (χ3v) is 3.32. The molecule has 0 heterocycles. The predicted molar refractivity (Wildman–Crippen MR) is 88.7 cm³/mol. The monoisotopic (exact) mass is 335 g/mol. The Morgan fingerprint density at radius 2 is 1.78 bits per heavy atom. The van der Waals surface area contributed by atoms with Crippen molar-refractivity contribution in [1.29, 1.82) is 0 Å². The summed E-state index contributed by atoms with van der Waals surface area (Å²) >= 11 is 6.13. The zero-order valence-electron chi connectivity index (χ0n) is 13.0. The fourth-order valence-electron chi connectivity index (χ4n) is 2.05. The van der Waals surface area contributed by atoms with Gasteiger partial charge in [0.2, 0.25) is 0 Å². The molecule has 1 N–H and O–H groups in total. The molecule has 6 heteroatoms. The largest absolute Gasteiger partial charge is 0.481 e. The third kappa shape index (κ3) is 4.86. The minimum atomic E-state index is -0.608. The quantitative estimate of drug-likeness (QED) is 0.824. The summed E-state index contributed by atoms with van der Waals surface area (Å²) in [5, 5.41) is 4.90. The van der Waals surface area contributed by atoms with Crippen molar-refractivity contribution >= 4 is 34.2 Å². The van der Waals surface area contributed by atoms with Gasteiger partial charge in [0.1, 0.15) is 5.75 Å². The van der Waals surface area contributed by atoms with Crippen molar-refractivity contribution in [3.8, 4) is 5.75 Å². The van der Waals surface area contributed by atoms with E-state index < -0.39 is 5.97 Å². The molecule has 0 atom stereocenters. The van der Waals surface area contributed by atoms with Gasteiger partial charge < -0.3 is 14.8 Å². The summed E-state index contributed by atoms with van der Waals surface area (Å²) in [6.07, 6.45) is 0. The molecule has 2 rings (SSSR count). The Hall–Kier alpha value is -2.27. The average Bonchev–Trinajstić information content (AvgIpc) is 2.52. The number of hydrogen-bond acceptors (Lipinski definition) is 4. The van der Waals surface area contributed by atoms with Crippen LogP contribution < -0.4 is 10.1 Å². The van der Waals surface area contributed by atoms with E-state index in [1.807, 2.05) is 38.1 Å². The lowest BCUT2D eigenvalue weighted by molar-refractivity contribution is -0.150. The molecule has 23 heavy (non-hydrogen) atoms. The van der Waals surface area contributed by atoms with Crippen molar-refractivity contribution in [3.63, 3.8) is 0 Å². The summed E-state index contributed by atoms with van der Waals surface area (Å²) in [5.41, 5.74) is 0. The lowest BCUT2D eigenvalue weighted by Gasteiger charge is -2.11. The van der Waals surface area contributed by atoms with Gasteiger partial charge in [-0.05, 0) is 26.0 Å². The van der Waals surface area contributed by atoms with Crippen molar-refractivity contribution in [2.45, 2.75) is 19.9 Å². The fraction of sp³-hybridized carbons (Fsp3) is 0.294. The van der Waals surface area contributed by atoms with Gasteiger partial charge in [0.05, 0.1) is 0 Å². The summed E-state index contributed by atoms with van der Waals surface area (Å²) in [7, 11) is 0. The zero-order valence-corrected chi connectivity index (χ0v) is 13.7. The molecule has 0 aliphatic carbocycles. The zero-order chi connectivity index (χ0) is 16.8.